The lowest BCUT2D eigenvalue weighted by Crippen LogP contribution is -2.08. The van der Waals surface area contributed by atoms with Gasteiger partial charge in [-0.1, -0.05) is 29.7 Å². The second-order valence-corrected chi connectivity index (χ2v) is 5.18. The SMILES string of the molecule is C#Cc1ccnc(-c2ccncc2)c1C(=O)c1ccccc1Cl. The number of halogens is 1. The topological polar surface area (TPSA) is 42.9 Å². The van der Waals surface area contributed by atoms with Crippen molar-refractivity contribution < 1.29 is 4.79 Å². The summed E-state index contributed by atoms with van der Waals surface area (Å²) in [5.74, 6) is 2.31. The highest BCUT2D eigenvalue weighted by molar-refractivity contribution is 6.35. The summed E-state index contributed by atoms with van der Waals surface area (Å²) < 4.78 is 0. The van der Waals surface area contributed by atoms with Crippen LogP contribution in [0.3, 0.4) is 0 Å². The van der Waals surface area contributed by atoms with Crippen LogP contribution in [0.2, 0.25) is 5.02 Å². The molecule has 0 fully saturated rings. The van der Waals surface area contributed by atoms with Gasteiger partial charge in [0.2, 0.25) is 0 Å². The number of terminal acetylenes is 1. The Labute approximate surface area is 139 Å². The number of hydrogen-bond donors (Lipinski definition) is 0. The van der Waals surface area contributed by atoms with Gasteiger partial charge in [-0.3, -0.25) is 14.8 Å². The number of hydrogen-bond acceptors (Lipinski definition) is 3. The van der Waals surface area contributed by atoms with Gasteiger partial charge < -0.3 is 0 Å². The molecule has 0 radical (unpaired) electrons. The maximum atomic E-state index is 13.0. The molecule has 110 valence electrons. The Kier molecular flexibility index (Phi) is 4.18. The lowest BCUT2D eigenvalue weighted by molar-refractivity contribution is 0.103. The zero-order chi connectivity index (χ0) is 16.2. The molecule has 2 heterocycles. The molecule has 0 atom stereocenters. The lowest BCUT2D eigenvalue weighted by Gasteiger charge is -2.11. The summed E-state index contributed by atoms with van der Waals surface area (Å²) in [5.41, 5.74) is 2.54. The molecule has 3 aromatic rings. The average molecular weight is 319 g/mol. The van der Waals surface area contributed by atoms with E-state index >= 15 is 0 Å². The van der Waals surface area contributed by atoms with Gasteiger partial charge in [0.25, 0.3) is 0 Å². The van der Waals surface area contributed by atoms with Crippen molar-refractivity contribution in [2.45, 2.75) is 0 Å². The molecule has 0 saturated carbocycles. The van der Waals surface area contributed by atoms with Crippen molar-refractivity contribution in [3.8, 4) is 23.6 Å². The van der Waals surface area contributed by atoms with E-state index < -0.39 is 0 Å². The molecule has 3 rings (SSSR count). The van der Waals surface area contributed by atoms with Gasteiger partial charge >= 0.3 is 0 Å². The molecule has 0 aliphatic carbocycles. The summed E-state index contributed by atoms with van der Waals surface area (Å²) in [5, 5.41) is 0.380. The summed E-state index contributed by atoms with van der Waals surface area (Å²) in [4.78, 5) is 21.3. The van der Waals surface area contributed by atoms with Gasteiger partial charge in [-0.05, 0) is 30.3 Å². The summed E-state index contributed by atoms with van der Waals surface area (Å²) >= 11 is 6.16. The maximum Gasteiger partial charge on any atom is 0.197 e. The zero-order valence-electron chi connectivity index (χ0n) is 12.0. The monoisotopic (exact) mass is 318 g/mol. The van der Waals surface area contributed by atoms with Crippen LogP contribution in [0.1, 0.15) is 21.5 Å². The smallest absolute Gasteiger partial charge is 0.197 e. The molecule has 23 heavy (non-hydrogen) atoms. The number of pyridine rings is 2. The van der Waals surface area contributed by atoms with Crippen molar-refractivity contribution in [3.63, 3.8) is 0 Å². The number of carbonyl (C=O) groups excluding carboxylic acids is 1. The van der Waals surface area contributed by atoms with Crippen LogP contribution in [0.4, 0.5) is 0 Å². The number of benzene rings is 1. The second-order valence-electron chi connectivity index (χ2n) is 4.77. The molecule has 4 heteroatoms. The minimum absolute atomic E-state index is 0.247. The van der Waals surface area contributed by atoms with E-state index in [-0.39, 0.29) is 5.78 Å². The number of rotatable bonds is 3. The number of ketones is 1. The Morgan fingerprint density at radius 3 is 2.48 bits per heavy atom. The highest BCUT2D eigenvalue weighted by Crippen LogP contribution is 2.28. The summed E-state index contributed by atoms with van der Waals surface area (Å²) in [6, 6.07) is 12.1. The van der Waals surface area contributed by atoms with E-state index in [1.54, 1.807) is 61.1 Å². The molecule has 0 bridgehead atoms. The van der Waals surface area contributed by atoms with Crippen molar-refractivity contribution in [1.29, 1.82) is 0 Å². The zero-order valence-corrected chi connectivity index (χ0v) is 12.8. The Hall–Kier alpha value is -2.96. The van der Waals surface area contributed by atoms with E-state index in [0.29, 0.717) is 27.4 Å². The normalized spacial score (nSPS) is 10.1. The summed E-state index contributed by atoms with van der Waals surface area (Å²) in [6.45, 7) is 0. The second kappa shape index (κ2) is 6.43. The fourth-order valence-corrected chi connectivity index (χ4v) is 2.54. The fourth-order valence-electron chi connectivity index (χ4n) is 2.32. The Morgan fingerprint density at radius 2 is 1.78 bits per heavy atom. The number of nitrogens with zero attached hydrogens (tertiary/aromatic N) is 2. The summed E-state index contributed by atoms with van der Waals surface area (Å²) in [7, 11) is 0. The molecule has 0 amide bonds. The van der Waals surface area contributed by atoms with Crippen molar-refractivity contribution in [2.24, 2.45) is 0 Å². The van der Waals surface area contributed by atoms with Crippen LogP contribution in [0.25, 0.3) is 11.3 Å². The molecule has 2 aromatic heterocycles. The van der Waals surface area contributed by atoms with Crippen molar-refractivity contribution >= 4 is 17.4 Å². The highest BCUT2D eigenvalue weighted by atomic mass is 35.5. The molecular weight excluding hydrogens is 308 g/mol. The van der Waals surface area contributed by atoms with Gasteiger partial charge in [-0.15, -0.1) is 6.42 Å². The predicted molar refractivity (Wildman–Crippen MR) is 90.3 cm³/mol. The summed E-state index contributed by atoms with van der Waals surface area (Å²) in [6.07, 6.45) is 10.5. The fraction of sp³-hybridized carbons (Fsp3) is 0. The van der Waals surface area contributed by atoms with Gasteiger partial charge in [0.15, 0.2) is 5.78 Å². The third kappa shape index (κ3) is 2.85. The van der Waals surface area contributed by atoms with E-state index in [0.717, 1.165) is 5.56 Å². The molecule has 0 N–H and O–H groups in total. The first-order valence-corrected chi connectivity index (χ1v) is 7.25. The van der Waals surface area contributed by atoms with E-state index in [1.165, 1.54) is 0 Å². The molecule has 0 aliphatic heterocycles. The maximum absolute atomic E-state index is 13.0. The minimum Gasteiger partial charge on any atom is -0.288 e. The third-order valence-corrected chi connectivity index (χ3v) is 3.74. The minimum atomic E-state index is -0.247. The van der Waals surface area contributed by atoms with Gasteiger partial charge in [-0.2, -0.15) is 0 Å². The predicted octanol–water partition coefficient (Wildman–Crippen LogP) is 4.01. The van der Waals surface area contributed by atoms with Gasteiger partial charge in [0.05, 0.1) is 16.3 Å². The highest BCUT2D eigenvalue weighted by Gasteiger charge is 2.21. The Morgan fingerprint density at radius 1 is 1.04 bits per heavy atom. The molecule has 3 nitrogen and oxygen atoms in total. The Balaban J connectivity index is 2.25. The first-order chi connectivity index (χ1) is 11.2. The molecule has 0 unspecified atom stereocenters. The quantitative estimate of drug-likeness (QED) is 0.541. The van der Waals surface area contributed by atoms with Crippen molar-refractivity contribution in [2.75, 3.05) is 0 Å². The van der Waals surface area contributed by atoms with E-state index in [9.17, 15) is 4.79 Å². The molecule has 0 spiro atoms. The van der Waals surface area contributed by atoms with Crippen LogP contribution in [0.15, 0.2) is 61.1 Å². The van der Waals surface area contributed by atoms with Crippen molar-refractivity contribution in [1.82, 2.24) is 9.97 Å². The van der Waals surface area contributed by atoms with Crippen LogP contribution in [0.5, 0.6) is 0 Å². The average Bonchev–Trinajstić information content (AvgIpc) is 2.61. The van der Waals surface area contributed by atoms with E-state index in [4.69, 9.17) is 18.0 Å². The third-order valence-electron chi connectivity index (χ3n) is 3.41. The first kappa shape index (κ1) is 15.0. The molecule has 1 aromatic carbocycles. The Bertz CT molecular complexity index is 914. The van der Waals surface area contributed by atoms with Gasteiger partial charge in [0.1, 0.15) is 0 Å². The van der Waals surface area contributed by atoms with Crippen LogP contribution < -0.4 is 0 Å². The van der Waals surface area contributed by atoms with E-state index in [2.05, 4.69) is 15.9 Å². The molecule has 0 saturated heterocycles. The number of carbonyl (C=O) groups is 1. The molecular formula is C19H11ClN2O. The van der Waals surface area contributed by atoms with Gasteiger partial charge in [0, 0.05) is 35.3 Å². The largest absolute Gasteiger partial charge is 0.288 e. The van der Waals surface area contributed by atoms with Crippen LogP contribution in [-0.2, 0) is 0 Å². The lowest BCUT2D eigenvalue weighted by atomic mass is 9.94. The van der Waals surface area contributed by atoms with Crippen LogP contribution in [-0.4, -0.2) is 15.8 Å². The van der Waals surface area contributed by atoms with Crippen LogP contribution in [0, 0.1) is 12.3 Å². The van der Waals surface area contributed by atoms with Crippen LogP contribution >= 0.6 is 11.6 Å². The van der Waals surface area contributed by atoms with Crippen molar-refractivity contribution in [3.05, 3.63) is 82.8 Å². The number of aromatic nitrogens is 2. The first-order valence-electron chi connectivity index (χ1n) is 6.87. The standard InChI is InChI=1S/C19H11ClN2O/c1-2-13-9-12-22-18(14-7-10-21-11-8-14)17(13)19(23)15-5-3-4-6-16(15)20/h1,3-12H. The molecule has 0 aliphatic rings. The van der Waals surface area contributed by atoms with E-state index in [1.807, 2.05) is 0 Å². The van der Waals surface area contributed by atoms with Gasteiger partial charge in [-0.25, -0.2) is 0 Å².